The molecule has 1 aliphatic rings. The second-order valence-corrected chi connectivity index (χ2v) is 4.48. The zero-order valence-electron chi connectivity index (χ0n) is 10.6. The van der Waals surface area contributed by atoms with Gasteiger partial charge in [-0.15, -0.1) is 0 Å². The Labute approximate surface area is 103 Å². The van der Waals surface area contributed by atoms with Crippen LogP contribution in [0.3, 0.4) is 0 Å². The first-order chi connectivity index (χ1) is 8.29. The van der Waals surface area contributed by atoms with Gasteiger partial charge in [-0.25, -0.2) is 0 Å². The Morgan fingerprint density at radius 2 is 2.24 bits per heavy atom. The first kappa shape index (κ1) is 12.2. The molecule has 2 rings (SSSR count). The lowest BCUT2D eigenvalue weighted by Crippen LogP contribution is -2.32. The third kappa shape index (κ3) is 3.37. The number of nitrogens with one attached hydrogen (secondary N) is 1. The Bertz CT molecular complexity index is 354. The molecule has 0 spiro atoms. The van der Waals surface area contributed by atoms with Crippen LogP contribution in [0.25, 0.3) is 0 Å². The van der Waals surface area contributed by atoms with Crippen molar-refractivity contribution in [2.75, 3.05) is 18.5 Å². The third-order valence-corrected chi connectivity index (χ3v) is 3.03. The van der Waals surface area contributed by atoms with E-state index in [1.807, 2.05) is 25.1 Å². The van der Waals surface area contributed by atoms with Gasteiger partial charge in [-0.3, -0.25) is 0 Å². The van der Waals surface area contributed by atoms with Crippen LogP contribution in [0.2, 0.25) is 0 Å². The fraction of sp³-hybridized carbons (Fsp3) is 0.571. The molecule has 1 aromatic rings. The molecule has 94 valence electrons. The molecule has 1 fully saturated rings. The summed E-state index contributed by atoms with van der Waals surface area (Å²) in [5, 5.41) is 3.56. The van der Waals surface area contributed by atoms with E-state index in [2.05, 4.69) is 18.3 Å². The number of benzene rings is 1. The monoisotopic (exact) mass is 235 g/mol. The van der Waals surface area contributed by atoms with Crippen molar-refractivity contribution in [3.63, 3.8) is 0 Å². The smallest absolute Gasteiger partial charge is 0.142 e. The second kappa shape index (κ2) is 5.92. The Kier molecular flexibility index (Phi) is 4.26. The Morgan fingerprint density at radius 1 is 1.41 bits per heavy atom. The summed E-state index contributed by atoms with van der Waals surface area (Å²) in [6.07, 6.45) is 2.46. The van der Waals surface area contributed by atoms with Gasteiger partial charge in [0.05, 0.1) is 18.4 Å². The SMILES string of the molecule is CCOc1ccccc1NC1CCOC(C)C1. The molecule has 1 heterocycles. The molecule has 0 radical (unpaired) electrons. The highest BCUT2D eigenvalue weighted by Crippen LogP contribution is 2.27. The second-order valence-electron chi connectivity index (χ2n) is 4.48. The van der Waals surface area contributed by atoms with E-state index in [4.69, 9.17) is 9.47 Å². The van der Waals surface area contributed by atoms with Gasteiger partial charge in [-0.1, -0.05) is 12.1 Å². The topological polar surface area (TPSA) is 30.5 Å². The third-order valence-electron chi connectivity index (χ3n) is 3.03. The quantitative estimate of drug-likeness (QED) is 0.870. The van der Waals surface area contributed by atoms with E-state index < -0.39 is 0 Å². The van der Waals surface area contributed by atoms with Gasteiger partial charge >= 0.3 is 0 Å². The van der Waals surface area contributed by atoms with Crippen molar-refractivity contribution < 1.29 is 9.47 Å². The predicted molar refractivity (Wildman–Crippen MR) is 69.7 cm³/mol. The molecule has 3 nitrogen and oxygen atoms in total. The molecule has 0 aliphatic carbocycles. The van der Waals surface area contributed by atoms with E-state index in [1.54, 1.807) is 0 Å². The summed E-state index contributed by atoms with van der Waals surface area (Å²) in [4.78, 5) is 0. The van der Waals surface area contributed by atoms with Crippen LogP contribution in [0, 0.1) is 0 Å². The van der Waals surface area contributed by atoms with Gasteiger partial charge in [-0.2, -0.15) is 0 Å². The van der Waals surface area contributed by atoms with E-state index in [1.165, 1.54) is 0 Å². The largest absolute Gasteiger partial charge is 0.492 e. The molecule has 2 atom stereocenters. The zero-order valence-corrected chi connectivity index (χ0v) is 10.6. The first-order valence-electron chi connectivity index (χ1n) is 6.39. The maximum absolute atomic E-state index is 5.61. The highest BCUT2D eigenvalue weighted by atomic mass is 16.5. The molecule has 3 heteroatoms. The molecule has 0 aromatic heterocycles. The lowest BCUT2D eigenvalue weighted by atomic mass is 10.0. The number of hydrogen-bond donors (Lipinski definition) is 1. The standard InChI is InChI=1S/C14H21NO2/c1-3-16-14-7-5-4-6-13(14)15-12-8-9-17-11(2)10-12/h4-7,11-12,15H,3,8-10H2,1-2H3. The van der Waals surface area contributed by atoms with Crippen molar-refractivity contribution in [3.05, 3.63) is 24.3 Å². The van der Waals surface area contributed by atoms with E-state index in [0.29, 0.717) is 18.8 Å². The zero-order chi connectivity index (χ0) is 12.1. The number of hydrogen-bond acceptors (Lipinski definition) is 3. The van der Waals surface area contributed by atoms with Crippen molar-refractivity contribution in [1.29, 1.82) is 0 Å². The van der Waals surface area contributed by atoms with Crippen molar-refractivity contribution in [2.45, 2.75) is 38.8 Å². The van der Waals surface area contributed by atoms with E-state index >= 15 is 0 Å². The molecular formula is C14H21NO2. The van der Waals surface area contributed by atoms with E-state index in [0.717, 1.165) is 30.9 Å². The minimum Gasteiger partial charge on any atom is -0.492 e. The van der Waals surface area contributed by atoms with E-state index in [9.17, 15) is 0 Å². The maximum Gasteiger partial charge on any atom is 0.142 e. The van der Waals surface area contributed by atoms with Crippen LogP contribution in [0.15, 0.2) is 24.3 Å². The van der Waals surface area contributed by atoms with Crippen molar-refractivity contribution in [2.24, 2.45) is 0 Å². The van der Waals surface area contributed by atoms with Crippen LogP contribution >= 0.6 is 0 Å². The van der Waals surface area contributed by atoms with Crippen LogP contribution in [-0.2, 0) is 4.74 Å². The predicted octanol–water partition coefficient (Wildman–Crippen LogP) is 3.06. The highest BCUT2D eigenvalue weighted by Gasteiger charge is 2.19. The Morgan fingerprint density at radius 3 is 3.00 bits per heavy atom. The van der Waals surface area contributed by atoms with Gasteiger partial charge in [-0.05, 0) is 38.8 Å². The van der Waals surface area contributed by atoms with Crippen molar-refractivity contribution in [1.82, 2.24) is 0 Å². The molecule has 1 N–H and O–H groups in total. The summed E-state index contributed by atoms with van der Waals surface area (Å²) in [5.41, 5.74) is 1.09. The van der Waals surface area contributed by atoms with Crippen LogP contribution < -0.4 is 10.1 Å². The van der Waals surface area contributed by atoms with Crippen LogP contribution in [0.1, 0.15) is 26.7 Å². The lowest BCUT2D eigenvalue weighted by Gasteiger charge is -2.29. The average Bonchev–Trinajstić information content (AvgIpc) is 2.32. The molecular weight excluding hydrogens is 214 g/mol. The average molecular weight is 235 g/mol. The summed E-state index contributed by atoms with van der Waals surface area (Å²) < 4.78 is 11.2. The summed E-state index contributed by atoms with van der Waals surface area (Å²) in [5.74, 6) is 0.939. The summed E-state index contributed by atoms with van der Waals surface area (Å²) in [7, 11) is 0. The van der Waals surface area contributed by atoms with E-state index in [-0.39, 0.29) is 0 Å². The number of para-hydroxylation sites is 2. The first-order valence-corrected chi connectivity index (χ1v) is 6.39. The lowest BCUT2D eigenvalue weighted by molar-refractivity contribution is 0.0232. The van der Waals surface area contributed by atoms with Gasteiger partial charge in [0.2, 0.25) is 0 Å². The van der Waals surface area contributed by atoms with Crippen molar-refractivity contribution in [3.8, 4) is 5.75 Å². The number of rotatable bonds is 4. The molecule has 1 aliphatic heterocycles. The van der Waals surface area contributed by atoms with Crippen LogP contribution in [0.4, 0.5) is 5.69 Å². The minimum atomic E-state index is 0.348. The molecule has 1 saturated heterocycles. The molecule has 0 bridgehead atoms. The summed E-state index contributed by atoms with van der Waals surface area (Å²) in [6, 6.07) is 8.61. The van der Waals surface area contributed by atoms with Gasteiger partial charge < -0.3 is 14.8 Å². The van der Waals surface area contributed by atoms with Crippen molar-refractivity contribution >= 4 is 5.69 Å². The molecule has 0 amide bonds. The molecule has 2 unspecified atom stereocenters. The molecule has 1 aromatic carbocycles. The van der Waals surface area contributed by atoms with Gasteiger partial charge in [0.1, 0.15) is 5.75 Å². The minimum absolute atomic E-state index is 0.348. The number of ether oxygens (including phenoxy) is 2. The summed E-state index contributed by atoms with van der Waals surface area (Å²) in [6.45, 7) is 5.67. The highest BCUT2D eigenvalue weighted by molar-refractivity contribution is 5.56. The summed E-state index contributed by atoms with van der Waals surface area (Å²) >= 11 is 0. The Hall–Kier alpha value is -1.22. The normalized spacial score (nSPS) is 24.4. The van der Waals surface area contributed by atoms with Gasteiger partial charge in [0.25, 0.3) is 0 Å². The fourth-order valence-electron chi connectivity index (χ4n) is 2.22. The maximum atomic E-state index is 5.61. The molecule has 0 saturated carbocycles. The fourth-order valence-corrected chi connectivity index (χ4v) is 2.22. The number of anilines is 1. The van der Waals surface area contributed by atoms with Crippen LogP contribution in [-0.4, -0.2) is 25.4 Å². The van der Waals surface area contributed by atoms with Gasteiger partial charge in [0, 0.05) is 12.6 Å². The Balaban J connectivity index is 2.01. The molecule has 17 heavy (non-hydrogen) atoms. The van der Waals surface area contributed by atoms with Crippen LogP contribution in [0.5, 0.6) is 5.75 Å². The van der Waals surface area contributed by atoms with Gasteiger partial charge in [0.15, 0.2) is 0 Å².